The van der Waals surface area contributed by atoms with E-state index in [1.54, 1.807) is 12.1 Å². The summed E-state index contributed by atoms with van der Waals surface area (Å²) in [5, 5.41) is 14.0. The summed E-state index contributed by atoms with van der Waals surface area (Å²) in [5.74, 6) is 2.52. The number of piperidine rings is 1. The fraction of sp³-hybridized carbons (Fsp3) is 0.524. The lowest BCUT2D eigenvalue weighted by molar-refractivity contribution is 0.0697. The lowest BCUT2D eigenvalue weighted by Crippen LogP contribution is -2.37. The quantitative estimate of drug-likeness (QED) is 0.831. The van der Waals surface area contributed by atoms with Crippen LogP contribution in [-0.2, 0) is 19.5 Å². The van der Waals surface area contributed by atoms with Gasteiger partial charge in [0.15, 0.2) is 5.82 Å². The van der Waals surface area contributed by atoms with Crippen molar-refractivity contribution in [3.8, 4) is 0 Å². The number of urea groups is 1. The first kappa shape index (κ1) is 19.4. The van der Waals surface area contributed by atoms with Gasteiger partial charge in [-0.2, -0.15) is 0 Å². The Morgan fingerprint density at radius 2 is 1.97 bits per heavy atom. The normalized spacial score (nSPS) is 16.6. The number of amides is 3. The largest absolute Gasteiger partial charge is 0.339 e. The molecular weight excluding hydrogens is 368 g/mol. The Kier molecular flexibility index (Phi) is 5.51. The molecular formula is C21H28N6O2. The monoisotopic (exact) mass is 396 g/mol. The van der Waals surface area contributed by atoms with Crippen LogP contribution in [0.1, 0.15) is 53.8 Å². The third kappa shape index (κ3) is 4.26. The molecule has 1 aromatic carbocycles. The van der Waals surface area contributed by atoms with Gasteiger partial charge in [-0.15, -0.1) is 10.2 Å². The summed E-state index contributed by atoms with van der Waals surface area (Å²) in [4.78, 5) is 27.0. The molecule has 0 radical (unpaired) electrons. The van der Waals surface area contributed by atoms with Crippen LogP contribution in [0.4, 0.5) is 10.5 Å². The van der Waals surface area contributed by atoms with Gasteiger partial charge in [0.2, 0.25) is 0 Å². The topological polar surface area (TPSA) is 92.2 Å². The minimum absolute atomic E-state index is 0.0664. The Morgan fingerprint density at radius 3 is 2.72 bits per heavy atom. The first-order chi connectivity index (χ1) is 14.0. The summed E-state index contributed by atoms with van der Waals surface area (Å²) < 4.78 is 2.06. The number of nitrogens with one attached hydrogen (secondary N) is 2. The number of aromatic nitrogens is 3. The molecule has 2 aliphatic rings. The van der Waals surface area contributed by atoms with E-state index in [-0.39, 0.29) is 11.9 Å². The minimum atomic E-state index is -0.299. The summed E-state index contributed by atoms with van der Waals surface area (Å²) in [6.07, 6.45) is 4.13. The van der Waals surface area contributed by atoms with Gasteiger partial charge in [0, 0.05) is 37.3 Å². The molecule has 0 bridgehead atoms. The zero-order valence-electron chi connectivity index (χ0n) is 17.1. The van der Waals surface area contributed by atoms with Crippen LogP contribution >= 0.6 is 0 Å². The molecule has 0 spiro atoms. The number of fused-ring (bicyclic) bond motifs is 1. The zero-order valence-corrected chi connectivity index (χ0v) is 17.1. The molecule has 0 unspecified atom stereocenters. The number of likely N-dealkylation sites (tertiary alicyclic amines) is 1. The van der Waals surface area contributed by atoms with Crippen molar-refractivity contribution in [2.75, 3.05) is 18.4 Å². The van der Waals surface area contributed by atoms with Crippen LogP contribution < -0.4 is 10.6 Å². The number of carbonyl (C=O) groups excluding carboxylic acids is 2. The van der Waals surface area contributed by atoms with Crippen LogP contribution in [0.5, 0.6) is 0 Å². The lowest BCUT2D eigenvalue weighted by atomic mass is 9.98. The van der Waals surface area contributed by atoms with E-state index < -0.39 is 0 Å². The first-order valence-electron chi connectivity index (χ1n) is 10.4. The van der Waals surface area contributed by atoms with Crippen molar-refractivity contribution in [1.29, 1.82) is 0 Å². The SMILES string of the molecule is Cc1cc(C(=O)N2CCC(C)CC2)ccc1NC(=O)NCc1nnc2n1CCC2. The van der Waals surface area contributed by atoms with Crippen LogP contribution in [0.2, 0.25) is 0 Å². The van der Waals surface area contributed by atoms with E-state index >= 15 is 0 Å². The van der Waals surface area contributed by atoms with E-state index in [2.05, 4.69) is 32.3 Å². The van der Waals surface area contributed by atoms with E-state index in [1.807, 2.05) is 17.9 Å². The highest BCUT2D eigenvalue weighted by Crippen LogP contribution is 2.21. The number of benzene rings is 1. The first-order valence-corrected chi connectivity index (χ1v) is 10.4. The lowest BCUT2D eigenvalue weighted by Gasteiger charge is -2.30. The average molecular weight is 396 g/mol. The van der Waals surface area contributed by atoms with E-state index in [4.69, 9.17) is 0 Å². The van der Waals surface area contributed by atoms with Gasteiger partial charge in [-0.05, 0) is 55.9 Å². The molecule has 2 N–H and O–H groups in total. The molecule has 154 valence electrons. The Hall–Kier alpha value is -2.90. The molecule has 3 heterocycles. The van der Waals surface area contributed by atoms with Gasteiger partial charge < -0.3 is 20.1 Å². The standard InChI is InChI=1S/C21H28N6O2/c1-14-7-10-26(11-8-14)20(28)16-5-6-17(15(2)12-16)23-21(29)22-13-19-25-24-18-4-3-9-27(18)19/h5-6,12,14H,3-4,7-11,13H2,1-2H3,(H2,22,23,29). The number of rotatable bonds is 4. The van der Waals surface area contributed by atoms with Gasteiger partial charge in [0.05, 0.1) is 6.54 Å². The molecule has 8 heteroatoms. The summed E-state index contributed by atoms with van der Waals surface area (Å²) in [5.41, 5.74) is 2.22. The van der Waals surface area contributed by atoms with Crippen molar-refractivity contribution in [3.63, 3.8) is 0 Å². The second-order valence-electron chi connectivity index (χ2n) is 8.10. The van der Waals surface area contributed by atoms with Crippen molar-refractivity contribution in [2.45, 2.75) is 52.6 Å². The number of nitrogens with zero attached hydrogens (tertiary/aromatic N) is 4. The number of carbonyl (C=O) groups is 2. The molecule has 2 aromatic rings. The molecule has 1 fully saturated rings. The molecule has 1 saturated heterocycles. The third-order valence-electron chi connectivity index (χ3n) is 5.89. The van der Waals surface area contributed by atoms with E-state index in [9.17, 15) is 9.59 Å². The van der Waals surface area contributed by atoms with Gasteiger partial charge in [-0.25, -0.2) is 4.79 Å². The maximum Gasteiger partial charge on any atom is 0.319 e. The van der Waals surface area contributed by atoms with Crippen LogP contribution in [0, 0.1) is 12.8 Å². The zero-order chi connectivity index (χ0) is 20.4. The number of anilines is 1. The maximum atomic E-state index is 12.7. The highest BCUT2D eigenvalue weighted by molar-refractivity contribution is 5.96. The fourth-order valence-corrected chi connectivity index (χ4v) is 4.00. The van der Waals surface area contributed by atoms with E-state index in [0.29, 0.717) is 23.7 Å². The highest BCUT2D eigenvalue weighted by Gasteiger charge is 2.22. The molecule has 2 aliphatic heterocycles. The van der Waals surface area contributed by atoms with Crippen molar-refractivity contribution in [3.05, 3.63) is 41.0 Å². The van der Waals surface area contributed by atoms with Gasteiger partial charge in [0.1, 0.15) is 5.82 Å². The van der Waals surface area contributed by atoms with Crippen LogP contribution in [0.15, 0.2) is 18.2 Å². The Balaban J connectivity index is 1.34. The van der Waals surface area contributed by atoms with Crippen molar-refractivity contribution >= 4 is 17.6 Å². The fourth-order valence-electron chi connectivity index (χ4n) is 4.00. The molecule has 0 atom stereocenters. The summed E-state index contributed by atoms with van der Waals surface area (Å²) in [6.45, 7) is 7.00. The predicted molar refractivity (Wildman–Crippen MR) is 110 cm³/mol. The Labute approximate surface area is 170 Å². The number of hydrogen-bond donors (Lipinski definition) is 2. The summed E-state index contributed by atoms with van der Waals surface area (Å²) >= 11 is 0. The van der Waals surface area contributed by atoms with Gasteiger partial charge in [-0.3, -0.25) is 4.79 Å². The van der Waals surface area contributed by atoms with Crippen molar-refractivity contribution < 1.29 is 9.59 Å². The minimum Gasteiger partial charge on any atom is -0.339 e. The average Bonchev–Trinajstić information content (AvgIpc) is 3.32. The third-order valence-corrected chi connectivity index (χ3v) is 5.89. The number of aryl methyl sites for hydroxylation is 2. The van der Waals surface area contributed by atoms with Gasteiger partial charge >= 0.3 is 6.03 Å². The molecule has 29 heavy (non-hydrogen) atoms. The molecule has 3 amide bonds. The second-order valence-corrected chi connectivity index (χ2v) is 8.10. The van der Waals surface area contributed by atoms with Crippen LogP contribution in [-0.4, -0.2) is 44.7 Å². The summed E-state index contributed by atoms with van der Waals surface area (Å²) in [7, 11) is 0. The molecule has 0 saturated carbocycles. The summed E-state index contributed by atoms with van der Waals surface area (Å²) in [6, 6.07) is 5.13. The van der Waals surface area contributed by atoms with Gasteiger partial charge in [-0.1, -0.05) is 6.92 Å². The maximum absolute atomic E-state index is 12.7. The smallest absolute Gasteiger partial charge is 0.319 e. The van der Waals surface area contributed by atoms with Gasteiger partial charge in [0.25, 0.3) is 5.91 Å². The Morgan fingerprint density at radius 1 is 1.17 bits per heavy atom. The highest BCUT2D eigenvalue weighted by atomic mass is 16.2. The predicted octanol–water partition coefficient (Wildman–Crippen LogP) is 2.73. The molecule has 1 aromatic heterocycles. The van der Waals surface area contributed by atoms with Crippen molar-refractivity contribution in [1.82, 2.24) is 25.0 Å². The Bertz CT molecular complexity index is 914. The molecule has 8 nitrogen and oxygen atoms in total. The van der Waals surface area contributed by atoms with E-state index in [1.165, 1.54) is 0 Å². The molecule has 4 rings (SSSR count). The number of hydrogen-bond acceptors (Lipinski definition) is 4. The van der Waals surface area contributed by atoms with Crippen molar-refractivity contribution in [2.24, 2.45) is 5.92 Å². The van der Waals surface area contributed by atoms with E-state index in [0.717, 1.165) is 62.5 Å². The molecule has 0 aliphatic carbocycles. The second kappa shape index (κ2) is 8.23. The van der Waals surface area contributed by atoms with Crippen LogP contribution in [0.3, 0.4) is 0 Å². The van der Waals surface area contributed by atoms with Crippen LogP contribution in [0.25, 0.3) is 0 Å².